The number of nitriles is 1. The molecule has 74 valence electrons. The number of rotatable bonds is 4. The van der Waals surface area contributed by atoms with Gasteiger partial charge in [0.1, 0.15) is 0 Å². The molecule has 0 aliphatic rings. The highest BCUT2D eigenvalue weighted by molar-refractivity contribution is 6.36. The number of nitrogens with one attached hydrogen (secondary N) is 1. The summed E-state index contributed by atoms with van der Waals surface area (Å²) in [5.74, 6) is 0. The Hall–Kier alpha value is -0.910. The highest BCUT2D eigenvalue weighted by Crippen LogP contribution is 2.25. The highest BCUT2D eigenvalue weighted by Gasteiger charge is 1.99. The molecular formula is C10H10Cl2N2. The van der Waals surface area contributed by atoms with Crippen molar-refractivity contribution >= 4 is 28.9 Å². The van der Waals surface area contributed by atoms with Crippen molar-refractivity contribution in [3.05, 3.63) is 28.2 Å². The molecule has 0 spiro atoms. The van der Waals surface area contributed by atoms with E-state index in [0.717, 1.165) is 18.7 Å². The summed E-state index contributed by atoms with van der Waals surface area (Å²) in [7, 11) is 0. The summed E-state index contributed by atoms with van der Waals surface area (Å²) in [6.45, 7) is 0.745. The van der Waals surface area contributed by atoms with Crippen molar-refractivity contribution in [1.82, 2.24) is 0 Å². The van der Waals surface area contributed by atoms with Crippen molar-refractivity contribution < 1.29 is 0 Å². The minimum Gasteiger partial charge on any atom is -0.384 e. The van der Waals surface area contributed by atoms with Crippen LogP contribution in [0.4, 0.5) is 5.69 Å². The molecule has 0 saturated carbocycles. The molecule has 1 rings (SSSR count). The van der Waals surface area contributed by atoms with E-state index in [0.29, 0.717) is 16.5 Å². The monoisotopic (exact) mass is 228 g/mol. The van der Waals surface area contributed by atoms with Crippen LogP contribution < -0.4 is 5.32 Å². The fourth-order valence-corrected chi connectivity index (χ4v) is 1.50. The molecule has 1 aromatic carbocycles. The predicted octanol–water partition coefficient (Wildman–Crippen LogP) is 3.71. The van der Waals surface area contributed by atoms with Gasteiger partial charge in [0.15, 0.2) is 0 Å². The lowest BCUT2D eigenvalue weighted by Gasteiger charge is -2.06. The zero-order valence-electron chi connectivity index (χ0n) is 7.56. The number of halogens is 2. The molecule has 0 fully saturated rings. The number of unbranched alkanes of at least 4 members (excludes halogenated alkanes) is 1. The average molecular weight is 229 g/mol. The molecule has 0 bridgehead atoms. The predicted molar refractivity (Wildman–Crippen MR) is 59.8 cm³/mol. The highest BCUT2D eigenvalue weighted by atomic mass is 35.5. The van der Waals surface area contributed by atoms with Crippen LogP contribution in [0.2, 0.25) is 10.0 Å². The lowest BCUT2D eigenvalue weighted by Crippen LogP contribution is -2.01. The van der Waals surface area contributed by atoms with Gasteiger partial charge in [-0.15, -0.1) is 0 Å². The number of hydrogen-bond acceptors (Lipinski definition) is 2. The molecule has 0 heterocycles. The van der Waals surface area contributed by atoms with Gasteiger partial charge in [0.05, 0.1) is 16.8 Å². The standard InChI is InChI=1S/C10H10Cl2N2/c11-8-3-4-10(9(12)7-8)14-6-2-1-5-13/h3-4,7,14H,1-2,6H2. The Morgan fingerprint density at radius 3 is 2.79 bits per heavy atom. The Morgan fingerprint density at radius 2 is 2.14 bits per heavy atom. The van der Waals surface area contributed by atoms with Gasteiger partial charge in [-0.1, -0.05) is 23.2 Å². The minimum atomic E-state index is 0.554. The molecule has 4 heteroatoms. The summed E-state index contributed by atoms with van der Waals surface area (Å²) in [6, 6.07) is 7.38. The summed E-state index contributed by atoms with van der Waals surface area (Å²) < 4.78 is 0. The lowest BCUT2D eigenvalue weighted by molar-refractivity contribution is 0.898. The van der Waals surface area contributed by atoms with E-state index in [1.54, 1.807) is 12.1 Å². The molecule has 0 atom stereocenters. The van der Waals surface area contributed by atoms with Crippen LogP contribution in [-0.4, -0.2) is 6.54 Å². The van der Waals surface area contributed by atoms with E-state index in [-0.39, 0.29) is 0 Å². The van der Waals surface area contributed by atoms with Crippen molar-refractivity contribution in [3.8, 4) is 6.07 Å². The van der Waals surface area contributed by atoms with Crippen LogP contribution in [0.15, 0.2) is 18.2 Å². The molecule has 0 aliphatic carbocycles. The van der Waals surface area contributed by atoms with E-state index in [4.69, 9.17) is 28.5 Å². The molecule has 1 aromatic rings. The summed E-state index contributed by atoms with van der Waals surface area (Å²) in [6.07, 6.45) is 1.37. The quantitative estimate of drug-likeness (QED) is 0.798. The Labute approximate surface area is 93.4 Å². The van der Waals surface area contributed by atoms with Crippen molar-refractivity contribution in [2.24, 2.45) is 0 Å². The zero-order chi connectivity index (χ0) is 10.4. The number of nitrogens with zero attached hydrogens (tertiary/aromatic N) is 1. The topological polar surface area (TPSA) is 35.8 Å². The molecule has 0 unspecified atom stereocenters. The minimum absolute atomic E-state index is 0.554. The normalized spacial score (nSPS) is 9.50. The van der Waals surface area contributed by atoms with Crippen LogP contribution in [-0.2, 0) is 0 Å². The van der Waals surface area contributed by atoms with E-state index in [9.17, 15) is 0 Å². The summed E-state index contributed by atoms with van der Waals surface area (Å²) in [5.41, 5.74) is 0.856. The van der Waals surface area contributed by atoms with E-state index in [2.05, 4.69) is 11.4 Å². The van der Waals surface area contributed by atoms with Crippen molar-refractivity contribution in [3.63, 3.8) is 0 Å². The van der Waals surface area contributed by atoms with Crippen LogP contribution >= 0.6 is 23.2 Å². The fraction of sp³-hybridized carbons (Fsp3) is 0.300. The second-order valence-corrected chi connectivity index (χ2v) is 3.66. The molecule has 0 saturated heterocycles. The second kappa shape index (κ2) is 5.74. The van der Waals surface area contributed by atoms with Crippen molar-refractivity contribution in [1.29, 1.82) is 5.26 Å². The van der Waals surface area contributed by atoms with Gasteiger partial charge in [0, 0.05) is 18.0 Å². The molecule has 0 amide bonds. The van der Waals surface area contributed by atoms with Crippen LogP contribution in [0.5, 0.6) is 0 Å². The molecular weight excluding hydrogens is 219 g/mol. The summed E-state index contributed by atoms with van der Waals surface area (Å²) >= 11 is 11.7. The van der Waals surface area contributed by atoms with Gasteiger partial charge in [0.25, 0.3) is 0 Å². The first kappa shape index (κ1) is 11.2. The lowest BCUT2D eigenvalue weighted by atomic mass is 10.3. The zero-order valence-corrected chi connectivity index (χ0v) is 9.07. The van der Waals surface area contributed by atoms with Crippen molar-refractivity contribution in [2.75, 3.05) is 11.9 Å². The van der Waals surface area contributed by atoms with Crippen molar-refractivity contribution in [2.45, 2.75) is 12.8 Å². The van der Waals surface area contributed by atoms with Crippen LogP contribution in [0, 0.1) is 11.3 Å². The maximum absolute atomic E-state index is 8.33. The fourth-order valence-electron chi connectivity index (χ4n) is 1.02. The smallest absolute Gasteiger partial charge is 0.0652 e. The van der Waals surface area contributed by atoms with Gasteiger partial charge in [-0.25, -0.2) is 0 Å². The van der Waals surface area contributed by atoms with Gasteiger partial charge in [-0.2, -0.15) is 5.26 Å². The van der Waals surface area contributed by atoms with Crippen LogP contribution in [0.1, 0.15) is 12.8 Å². The molecule has 2 nitrogen and oxygen atoms in total. The third kappa shape index (κ3) is 3.45. The Balaban J connectivity index is 2.47. The molecule has 0 aliphatic heterocycles. The molecule has 0 aromatic heterocycles. The Bertz CT molecular complexity index is 344. The van der Waals surface area contributed by atoms with Gasteiger partial charge in [0.2, 0.25) is 0 Å². The third-order valence-corrected chi connectivity index (χ3v) is 2.26. The van der Waals surface area contributed by atoms with E-state index < -0.39 is 0 Å². The van der Waals surface area contributed by atoms with Gasteiger partial charge >= 0.3 is 0 Å². The first-order valence-corrected chi connectivity index (χ1v) is 5.05. The summed E-state index contributed by atoms with van der Waals surface area (Å²) in [4.78, 5) is 0. The largest absolute Gasteiger partial charge is 0.384 e. The summed E-state index contributed by atoms with van der Waals surface area (Å²) in [5, 5.41) is 12.7. The number of anilines is 1. The second-order valence-electron chi connectivity index (χ2n) is 2.81. The molecule has 0 radical (unpaired) electrons. The van der Waals surface area contributed by atoms with E-state index >= 15 is 0 Å². The van der Waals surface area contributed by atoms with Gasteiger partial charge in [-0.3, -0.25) is 0 Å². The maximum atomic E-state index is 8.33. The van der Waals surface area contributed by atoms with Gasteiger partial charge < -0.3 is 5.32 Å². The van der Waals surface area contributed by atoms with Crippen LogP contribution in [0.25, 0.3) is 0 Å². The molecule has 1 N–H and O–H groups in total. The van der Waals surface area contributed by atoms with E-state index in [1.165, 1.54) is 0 Å². The maximum Gasteiger partial charge on any atom is 0.0652 e. The first-order chi connectivity index (χ1) is 6.74. The molecule has 14 heavy (non-hydrogen) atoms. The van der Waals surface area contributed by atoms with Gasteiger partial charge in [-0.05, 0) is 24.6 Å². The van der Waals surface area contributed by atoms with E-state index in [1.807, 2.05) is 6.07 Å². The Morgan fingerprint density at radius 1 is 1.36 bits per heavy atom. The average Bonchev–Trinajstić information content (AvgIpc) is 2.15. The Kier molecular flexibility index (Phi) is 4.58. The number of hydrogen-bond donors (Lipinski definition) is 1. The van der Waals surface area contributed by atoms with Crippen LogP contribution in [0.3, 0.4) is 0 Å². The SMILES string of the molecule is N#CCCCNc1ccc(Cl)cc1Cl. The first-order valence-electron chi connectivity index (χ1n) is 4.30. The third-order valence-electron chi connectivity index (χ3n) is 1.71. The number of benzene rings is 1.